The van der Waals surface area contributed by atoms with Gasteiger partial charge in [0.25, 0.3) is 10.0 Å². The van der Waals surface area contributed by atoms with Crippen LogP contribution in [-0.2, 0) is 26.2 Å². The molecule has 0 aromatic heterocycles. The van der Waals surface area contributed by atoms with E-state index in [1.807, 2.05) is 77.9 Å². The Kier molecular flexibility index (Phi) is 9.22. The van der Waals surface area contributed by atoms with Crippen LogP contribution in [0.3, 0.4) is 0 Å². The quantitative estimate of drug-likeness (QED) is 0.401. The maximum atomic E-state index is 14.0. The van der Waals surface area contributed by atoms with Gasteiger partial charge in [0.05, 0.1) is 10.6 Å². The summed E-state index contributed by atoms with van der Waals surface area (Å²) in [4.78, 5) is 28.7. The first-order chi connectivity index (χ1) is 18.2. The molecule has 39 heavy (non-hydrogen) atoms. The highest BCUT2D eigenvalue weighted by atomic mass is 32.2. The van der Waals surface area contributed by atoms with E-state index in [0.717, 1.165) is 26.6 Å². The van der Waals surface area contributed by atoms with E-state index in [1.54, 1.807) is 43.3 Å². The zero-order chi connectivity index (χ0) is 29.0. The number of nitrogens with one attached hydrogen (secondary N) is 1. The Labute approximate surface area is 232 Å². The lowest BCUT2D eigenvalue weighted by Gasteiger charge is -2.33. The number of sulfonamides is 1. The van der Waals surface area contributed by atoms with E-state index >= 15 is 0 Å². The van der Waals surface area contributed by atoms with Gasteiger partial charge in [-0.3, -0.25) is 13.9 Å². The smallest absolute Gasteiger partial charge is 0.264 e. The molecule has 8 heteroatoms. The Bertz CT molecular complexity index is 1410. The first-order valence-corrected chi connectivity index (χ1v) is 14.4. The van der Waals surface area contributed by atoms with Crippen molar-refractivity contribution in [1.82, 2.24) is 10.2 Å². The zero-order valence-electron chi connectivity index (χ0n) is 23.9. The van der Waals surface area contributed by atoms with Crippen molar-refractivity contribution in [3.05, 3.63) is 95.1 Å². The molecule has 3 aromatic carbocycles. The van der Waals surface area contributed by atoms with E-state index in [-0.39, 0.29) is 17.3 Å². The van der Waals surface area contributed by atoms with Gasteiger partial charge in [-0.05, 0) is 83.9 Å². The van der Waals surface area contributed by atoms with Crippen LogP contribution < -0.4 is 9.62 Å². The number of nitrogens with zero attached hydrogens (tertiary/aromatic N) is 2. The molecule has 0 fully saturated rings. The van der Waals surface area contributed by atoms with Crippen LogP contribution in [0.5, 0.6) is 0 Å². The van der Waals surface area contributed by atoms with Gasteiger partial charge in [0.1, 0.15) is 12.6 Å². The fourth-order valence-electron chi connectivity index (χ4n) is 4.10. The lowest BCUT2D eigenvalue weighted by molar-refractivity contribution is -0.140. The van der Waals surface area contributed by atoms with Crippen molar-refractivity contribution < 1.29 is 18.0 Å². The van der Waals surface area contributed by atoms with Gasteiger partial charge in [-0.25, -0.2) is 8.42 Å². The van der Waals surface area contributed by atoms with E-state index in [2.05, 4.69) is 5.32 Å². The molecule has 0 saturated heterocycles. The van der Waals surface area contributed by atoms with E-state index in [0.29, 0.717) is 5.69 Å². The van der Waals surface area contributed by atoms with E-state index < -0.39 is 34.1 Å². The molecule has 0 aliphatic rings. The molecule has 0 spiro atoms. The van der Waals surface area contributed by atoms with Crippen molar-refractivity contribution in [1.29, 1.82) is 0 Å². The summed E-state index contributed by atoms with van der Waals surface area (Å²) in [5.74, 6) is -0.793. The minimum Gasteiger partial charge on any atom is -0.350 e. The Morgan fingerprint density at radius 1 is 0.846 bits per heavy atom. The third kappa shape index (κ3) is 7.69. The van der Waals surface area contributed by atoms with Gasteiger partial charge in [0.2, 0.25) is 11.8 Å². The maximum Gasteiger partial charge on any atom is 0.264 e. The molecule has 0 heterocycles. The van der Waals surface area contributed by atoms with Gasteiger partial charge < -0.3 is 10.2 Å². The SMILES string of the molecule is Cc1ccc(N(CC(=O)N(Cc2ccccc2C)[C@H](C)C(=O)NC(C)(C)C)S(=O)(=O)c2ccc(C)cc2)cc1. The fraction of sp³-hybridized carbons (Fsp3) is 0.355. The second kappa shape index (κ2) is 12.0. The third-order valence-electron chi connectivity index (χ3n) is 6.48. The summed E-state index contributed by atoms with van der Waals surface area (Å²) in [7, 11) is -4.08. The molecule has 7 nitrogen and oxygen atoms in total. The number of carbonyl (C=O) groups excluding carboxylic acids is 2. The largest absolute Gasteiger partial charge is 0.350 e. The minimum absolute atomic E-state index is 0.0884. The van der Waals surface area contributed by atoms with Gasteiger partial charge in [0, 0.05) is 12.1 Å². The van der Waals surface area contributed by atoms with Gasteiger partial charge in [-0.1, -0.05) is 59.7 Å². The summed E-state index contributed by atoms with van der Waals surface area (Å²) < 4.78 is 28.9. The summed E-state index contributed by atoms with van der Waals surface area (Å²) in [5, 5.41) is 2.94. The molecule has 0 saturated carbocycles. The predicted molar refractivity (Wildman–Crippen MR) is 156 cm³/mol. The molecule has 0 aliphatic heterocycles. The highest BCUT2D eigenvalue weighted by Crippen LogP contribution is 2.25. The number of hydrogen-bond acceptors (Lipinski definition) is 4. The standard InChI is InChI=1S/C31H39N3O4S/c1-22-12-16-27(17-13-22)34(39(37,38)28-18-14-23(2)15-19-28)21-29(35)33(20-26-11-9-8-10-24(26)3)25(4)30(36)32-31(5,6)7/h8-19,25H,20-21H2,1-7H3,(H,32,36)/t25-/m1/s1. The van der Waals surface area contributed by atoms with Crippen LogP contribution in [0, 0.1) is 20.8 Å². The topological polar surface area (TPSA) is 86.8 Å². The Balaban J connectivity index is 2.04. The summed E-state index contributed by atoms with van der Waals surface area (Å²) in [5.41, 5.74) is 3.62. The van der Waals surface area contributed by atoms with Crippen LogP contribution >= 0.6 is 0 Å². The lowest BCUT2D eigenvalue weighted by Crippen LogP contribution is -2.54. The number of rotatable bonds is 9. The average molecular weight is 550 g/mol. The molecule has 0 bridgehead atoms. The first-order valence-electron chi connectivity index (χ1n) is 13.0. The van der Waals surface area contributed by atoms with Crippen molar-refractivity contribution in [3.63, 3.8) is 0 Å². The molecule has 1 atom stereocenters. The number of anilines is 1. The number of hydrogen-bond donors (Lipinski definition) is 1. The van der Waals surface area contributed by atoms with Crippen molar-refractivity contribution in [2.24, 2.45) is 0 Å². The normalized spacial score (nSPS) is 12.5. The van der Waals surface area contributed by atoms with E-state index in [9.17, 15) is 18.0 Å². The monoisotopic (exact) mass is 549 g/mol. The minimum atomic E-state index is -4.08. The third-order valence-corrected chi connectivity index (χ3v) is 8.27. The number of carbonyl (C=O) groups is 2. The second-order valence-electron chi connectivity index (χ2n) is 11.0. The van der Waals surface area contributed by atoms with Crippen LogP contribution in [0.25, 0.3) is 0 Å². The fourth-order valence-corrected chi connectivity index (χ4v) is 5.52. The Morgan fingerprint density at radius 2 is 1.38 bits per heavy atom. The molecule has 0 aliphatic carbocycles. The van der Waals surface area contributed by atoms with Crippen molar-refractivity contribution >= 4 is 27.5 Å². The molecule has 1 N–H and O–H groups in total. The summed E-state index contributed by atoms with van der Waals surface area (Å²) >= 11 is 0. The van der Waals surface area contributed by atoms with Gasteiger partial charge in [0.15, 0.2) is 0 Å². The maximum absolute atomic E-state index is 14.0. The Morgan fingerprint density at radius 3 is 1.92 bits per heavy atom. The highest BCUT2D eigenvalue weighted by molar-refractivity contribution is 7.92. The number of benzene rings is 3. The van der Waals surface area contributed by atoms with Crippen LogP contribution in [0.1, 0.15) is 49.9 Å². The molecular formula is C31H39N3O4S. The average Bonchev–Trinajstić information content (AvgIpc) is 2.86. The molecule has 2 amide bonds. The van der Waals surface area contributed by atoms with Crippen molar-refractivity contribution in [2.45, 2.75) is 71.5 Å². The second-order valence-corrected chi connectivity index (χ2v) is 12.9. The van der Waals surface area contributed by atoms with Gasteiger partial charge >= 0.3 is 0 Å². The molecule has 0 unspecified atom stereocenters. The number of amides is 2. The first kappa shape index (κ1) is 29.9. The summed E-state index contributed by atoms with van der Waals surface area (Å²) in [6, 6.07) is 20.3. The Hall–Kier alpha value is -3.65. The highest BCUT2D eigenvalue weighted by Gasteiger charge is 2.33. The molecule has 208 valence electrons. The van der Waals surface area contributed by atoms with Crippen LogP contribution in [0.4, 0.5) is 5.69 Å². The predicted octanol–water partition coefficient (Wildman–Crippen LogP) is 5.14. The molecule has 3 aromatic rings. The van der Waals surface area contributed by atoms with Crippen LogP contribution in [0.2, 0.25) is 0 Å². The van der Waals surface area contributed by atoms with Crippen molar-refractivity contribution in [2.75, 3.05) is 10.8 Å². The summed E-state index contributed by atoms with van der Waals surface area (Å²) in [6.45, 7) is 12.7. The van der Waals surface area contributed by atoms with E-state index in [4.69, 9.17) is 0 Å². The van der Waals surface area contributed by atoms with Crippen LogP contribution in [-0.4, -0.2) is 43.3 Å². The molecular weight excluding hydrogens is 510 g/mol. The summed E-state index contributed by atoms with van der Waals surface area (Å²) in [6.07, 6.45) is 0. The zero-order valence-corrected chi connectivity index (χ0v) is 24.7. The molecule has 3 rings (SSSR count). The lowest BCUT2D eigenvalue weighted by atomic mass is 10.1. The van der Waals surface area contributed by atoms with Crippen LogP contribution in [0.15, 0.2) is 77.7 Å². The van der Waals surface area contributed by atoms with Gasteiger partial charge in [-0.15, -0.1) is 0 Å². The molecule has 0 radical (unpaired) electrons. The number of aryl methyl sites for hydroxylation is 3. The van der Waals surface area contributed by atoms with E-state index in [1.165, 1.54) is 4.90 Å². The van der Waals surface area contributed by atoms with Gasteiger partial charge in [-0.2, -0.15) is 0 Å². The van der Waals surface area contributed by atoms with Crippen molar-refractivity contribution in [3.8, 4) is 0 Å².